The van der Waals surface area contributed by atoms with Crippen LogP contribution in [0.15, 0.2) is 0 Å². The van der Waals surface area contributed by atoms with Crippen molar-refractivity contribution in [3.05, 3.63) is 0 Å². The summed E-state index contributed by atoms with van der Waals surface area (Å²) in [5, 5.41) is 13.0. The Morgan fingerprint density at radius 2 is 2.12 bits per heavy atom. The van der Waals surface area contributed by atoms with Crippen molar-refractivity contribution < 1.29 is 5.11 Å². The molecule has 0 spiro atoms. The van der Waals surface area contributed by atoms with E-state index in [0.29, 0.717) is 5.54 Å². The summed E-state index contributed by atoms with van der Waals surface area (Å²) in [6, 6.07) is 0. The molecule has 1 fully saturated rings. The van der Waals surface area contributed by atoms with E-state index >= 15 is 0 Å². The summed E-state index contributed by atoms with van der Waals surface area (Å²) in [4.78, 5) is 2.51. The predicted molar refractivity (Wildman–Crippen MR) is 68.7 cm³/mol. The van der Waals surface area contributed by atoms with E-state index in [1.165, 1.54) is 12.8 Å². The van der Waals surface area contributed by atoms with Gasteiger partial charge in [0.1, 0.15) is 0 Å². The molecule has 0 radical (unpaired) electrons. The van der Waals surface area contributed by atoms with Crippen LogP contribution in [0.3, 0.4) is 0 Å². The van der Waals surface area contributed by atoms with Crippen LogP contribution in [0, 0.1) is 0 Å². The molecule has 1 unspecified atom stereocenters. The molecule has 0 bridgehead atoms. The zero-order valence-corrected chi connectivity index (χ0v) is 11.3. The van der Waals surface area contributed by atoms with Gasteiger partial charge in [-0.3, -0.25) is 4.90 Å². The minimum absolute atomic E-state index is 0.155. The Hall–Kier alpha value is -0.120. The average molecular weight is 228 g/mol. The molecule has 3 nitrogen and oxygen atoms in total. The Kier molecular flexibility index (Phi) is 4.77. The summed E-state index contributed by atoms with van der Waals surface area (Å²) in [5.41, 5.74) is 0.141. The molecule has 1 saturated heterocycles. The quantitative estimate of drug-likeness (QED) is 0.725. The lowest BCUT2D eigenvalue weighted by Gasteiger charge is -2.39. The van der Waals surface area contributed by atoms with Crippen molar-refractivity contribution >= 4 is 0 Å². The van der Waals surface area contributed by atoms with Crippen molar-refractivity contribution in [2.24, 2.45) is 0 Å². The first-order valence-corrected chi connectivity index (χ1v) is 6.54. The van der Waals surface area contributed by atoms with Gasteiger partial charge in [0.15, 0.2) is 0 Å². The van der Waals surface area contributed by atoms with Crippen molar-refractivity contribution in [1.29, 1.82) is 0 Å². The third kappa shape index (κ3) is 3.44. The SMILES string of the molecule is CCCNC(C)(CO)CN1CCCC1(C)C. The summed E-state index contributed by atoms with van der Waals surface area (Å²) in [6.07, 6.45) is 3.66. The van der Waals surface area contributed by atoms with Gasteiger partial charge in [0.2, 0.25) is 0 Å². The number of aliphatic hydroxyl groups is 1. The smallest absolute Gasteiger partial charge is 0.0623 e. The lowest BCUT2D eigenvalue weighted by atomic mass is 9.97. The van der Waals surface area contributed by atoms with E-state index in [4.69, 9.17) is 0 Å². The number of likely N-dealkylation sites (tertiary alicyclic amines) is 1. The monoisotopic (exact) mass is 228 g/mol. The molecule has 1 rings (SSSR count). The first-order valence-electron chi connectivity index (χ1n) is 6.54. The average Bonchev–Trinajstić information content (AvgIpc) is 2.55. The minimum atomic E-state index is -0.155. The second-order valence-electron chi connectivity index (χ2n) is 5.98. The van der Waals surface area contributed by atoms with Crippen molar-refractivity contribution in [3.8, 4) is 0 Å². The Bertz CT molecular complexity index is 218. The second-order valence-corrected chi connectivity index (χ2v) is 5.98. The zero-order valence-electron chi connectivity index (χ0n) is 11.3. The summed E-state index contributed by atoms with van der Waals surface area (Å²) in [6.45, 7) is 12.2. The van der Waals surface area contributed by atoms with Gasteiger partial charge in [-0.25, -0.2) is 0 Å². The lowest BCUT2D eigenvalue weighted by Crippen LogP contribution is -2.56. The van der Waals surface area contributed by atoms with Gasteiger partial charge in [0, 0.05) is 12.1 Å². The lowest BCUT2D eigenvalue weighted by molar-refractivity contribution is 0.0855. The van der Waals surface area contributed by atoms with Gasteiger partial charge >= 0.3 is 0 Å². The zero-order chi connectivity index (χ0) is 12.2. The molecule has 3 heteroatoms. The number of nitrogens with one attached hydrogen (secondary N) is 1. The molecule has 1 heterocycles. The van der Waals surface area contributed by atoms with Crippen LogP contribution < -0.4 is 5.32 Å². The maximum Gasteiger partial charge on any atom is 0.0623 e. The van der Waals surface area contributed by atoms with Crippen molar-refractivity contribution in [2.45, 2.75) is 58.0 Å². The van der Waals surface area contributed by atoms with Crippen molar-refractivity contribution in [2.75, 3.05) is 26.2 Å². The van der Waals surface area contributed by atoms with E-state index in [1.54, 1.807) is 0 Å². The first-order chi connectivity index (χ1) is 7.43. The molecule has 96 valence electrons. The Balaban J connectivity index is 2.55. The fraction of sp³-hybridized carbons (Fsp3) is 1.00. The number of nitrogens with zero attached hydrogens (tertiary/aromatic N) is 1. The molecule has 0 aliphatic carbocycles. The fourth-order valence-electron chi connectivity index (χ4n) is 2.47. The summed E-state index contributed by atoms with van der Waals surface area (Å²) in [5.74, 6) is 0. The Morgan fingerprint density at radius 1 is 1.44 bits per heavy atom. The van der Waals surface area contributed by atoms with E-state index < -0.39 is 0 Å². The van der Waals surface area contributed by atoms with E-state index in [-0.39, 0.29) is 12.1 Å². The molecule has 0 aromatic heterocycles. The van der Waals surface area contributed by atoms with E-state index in [1.807, 2.05) is 0 Å². The molecule has 0 aromatic carbocycles. The topological polar surface area (TPSA) is 35.5 Å². The van der Waals surface area contributed by atoms with Crippen LogP contribution in [0.25, 0.3) is 0 Å². The molecule has 1 atom stereocenters. The highest BCUT2D eigenvalue weighted by atomic mass is 16.3. The summed E-state index contributed by atoms with van der Waals surface area (Å²) in [7, 11) is 0. The van der Waals surface area contributed by atoms with Crippen LogP contribution in [0.5, 0.6) is 0 Å². The summed E-state index contributed by atoms with van der Waals surface area (Å²) < 4.78 is 0. The predicted octanol–water partition coefficient (Wildman–Crippen LogP) is 1.61. The molecule has 1 aliphatic rings. The van der Waals surface area contributed by atoms with Crippen LogP contribution >= 0.6 is 0 Å². The van der Waals surface area contributed by atoms with Gasteiger partial charge < -0.3 is 10.4 Å². The third-order valence-corrected chi connectivity index (χ3v) is 3.76. The Morgan fingerprint density at radius 3 is 2.56 bits per heavy atom. The molecule has 16 heavy (non-hydrogen) atoms. The maximum absolute atomic E-state index is 9.55. The van der Waals surface area contributed by atoms with Crippen molar-refractivity contribution in [3.63, 3.8) is 0 Å². The minimum Gasteiger partial charge on any atom is -0.394 e. The summed E-state index contributed by atoms with van der Waals surface area (Å²) >= 11 is 0. The van der Waals surface area contributed by atoms with Gasteiger partial charge in [0.05, 0.1) is 12.1 Å². The van der Waals surface area contributed by atoms with Gasteiger partial charge in [-0.1, -0.05) is 6.92 Å². The van der Waals surface area contributed by atoms with Gasteiger partial charge in [0.25, 0.3) is 0 Å². The van der Waals surface area contributed by atoms with Gasteiger partial charge in [-0.15, -0.1) is 0 Å². The van der Waals surface area contributed by atoms with E-state index in [0.717, 1.165) is 26.1 Å². The van der Waals surface area contributed by atoms with Crippen LogP contribution in [-0.2, 0) is 0 Å². The standard InChI is InChI=1S/C13H28N2O/c1-5-8-14-13(4,11-16)10-15-9-6-7-12(15,2)3/h14,16H,5-11H2,1-4H3. The maximum atomic E-state index is 9.55. The molecule has 0 aromatic rings. The van der Waals surface area contributed by atoms with Crippen molar-refractivity contribution in [1.82, 2.24) is 10.2 Å². The van der Waals surface area contributed by atoms with Crippen LogP contribution in [0.4, 0.5) is 0 Å². The van der Waals surface area contributed by atoms with Crippen LogP contribution in [-0.4, -0.2) is 47.3 Å². The number of aliphatic hydroxyl groups excluding tert-OH is 1. The second kappa shape index (κ2) is 5.48. The Labute approximate surface area is 100 Å². The number of hydrogen-bond donors (Lipinski definition) is 2. The number of hydrogen-bond acceptors (Lipinski definition) is 3. The third-order valence-electron chi connectivity index (χ3n) is 3.76. The number of rotatable bonds is 6. The van der Waals surface area contributed by atoms with E-state index in [2.05, 4.69) is 37.9 Å². The molecule has 0 saturated carbocycles. The highest BCUT2D eigenvalue weighted by molar-refractivity contribution is 4.94. The molecular formula is C13H28N2O. The largest absolute Gasteiger partial charge is 0.394 e. The first kappa shape index (κ1) is 13.9. The molecule has 1 aliphatic heterocycles. The van der Waals surface area contributed by atoms with Crippen LogP contribution in [0.1, 0.15) is 47.0 Å². The highest BCUT2D eigenvalue weighted by Gasteiger charge is 2.36. The molecular weight excluding hydrogens is 200 g/mol. The fourth-order valence-corrected chi connectivity index (χ4v) is 2.47. The van der Waals surface area contributed by atoms with Gasteiger partial charge in [-0.2, -0.15) is 0 Å². The molecule has 0 amide bonds. The van der Waals surface area contributed by atoms with Crippen LogP contribution in [0.2, 0.25) is 0 Å². The highest BCUT2D eigenvalue weighted by Crippen LogP contribution is 2.29. The normalized spacial score (nSPS) is 24.6. The van der Waals surface area contributed by atoms with Gasteiger partial charge in [-0.05, 0) is 53.1 Å². The molecule has 2 N–H and O–H groups in total. The van der Waals surface area contributed by atoms with E-state index in [9.17, 15) is 5.11 Å².